The normalized spacial score (nSPS) is 17.6. The maximum absolute atomic E-state index is 13.2. The Morgan fingerprint density at radius 2 is 2.00 bits per heavy atom. The predicted molar refractivity (Wildman–Crippen MR) is 131 cm³/mol. The van der Waals surface area contributed by atoms with E-state index in [9.17, 15) is 19.7 Å². The number of nitrogens with one attached hydrogen (secondary N) is 1. The van der Waals surface area contributed by atoms with E-state index in [1.807, 2.05) is 6.92 Å². The number of rotatable bonds is 9. The number of aliphatic imine (C=N–C) groups is 1. The zero-order chi connectivity index (χ0) is 24.8. The van der Waals surface area contributed by atoms with E-state index in [0.29, 0.717) is 15.9 Å². The van der Waals surface area contributed by atoms with E-state index >= 15 is 0 Å². The van der Waals surface area contributed by atoms with E-state index in [1.54, 1.807) is 24.3 Å². The van der Waals surface area contributed by atoms with E-state index in [-0.39, 0.29) is 42.1 Å². The lowest BCUT2D eigenvalue weighted by molar-refractivity contribution is -0.384. The summed E-state index contributed by atoms with van der Waals surface area (Å²) in [6, 6.07) is 10.6. The molecular weight excluding hydrogens is 484 g/mol. The number of amides is 2. The molecule has 10 nitrogen and oxygen atoms in total. The van der Waals surface area contributed by atoms with E-state index in [1.165, 1.54) is 37.3 Å². The van der Waals surface area contributed by atoms with Crippen LogP contribution in [0.1, 0.15) is 13.3 Å². The van der Waals surface area contributed by atoms with Crippen LogP contribution in [0.3, 0.4) is 0 Å². The van der Waals surface area contributed by atoms with Gasteiger partial charge in [-0.1, -0.05) is 23.4 Å². The summed E-state index contributed by atoms with van der Waals surface area (Å²) < 4.78 is 10.2. The quantitative estimate of drug-likeness (QED) is 0.398. The fourth-order valence-corrected chi connectivity index (χ4v) is 4.68. The molecule has 2 aromatic carbocycles. The van der Waals surface area contributed by atoms with Crippen molar-refractivity contribution in [3.8, 4) is 5.75 Å². The highest BCUT2D eigenvalue weighted by Crippen LogP contribution is 2.34. The molecule has 2 aromatic rings. The Balaban J connectivity index is 1.80. The minimum Gasteiger partial charge on any atom is -0.496 e. The fraction of sp³-hybridized carbons (Fsp3) is 0.318. The third-order valence-corrected chi connectivity index (χ3v) is 6.32. The minimum absolute atomic E-state index is 0.0194. The van der Waals surface area contributed by atoms with Gasteiger partial charge in [-0.2, -0.15) is 0 Å². The summed E-state index contributed by atoms with van der Waals surface area (Å²) in [4.78, 5) is 42.7. The van der Waals surface area contributed by atoms with Gasteiger partial charge in [-0.25, -0.2) is 4.99 Å². The number of carbonyl (C=O) groups is 2. The lowest BCUT2D eigenvalue weighted by Crippen LogP contribution is -2.42. The molecule has 1 N–H and O–H groups in total. The standard InChI is InChI=1S/C22H23ClN4O6S/c1-13(12-32-2)26-21(29)19(34-22(26)24-15-6-4-14(23)5-7-15)11-20(28)25-17-9-8-16(33-3)10-18(17)27(30)31/h4-10,13,19H,11-12H2,1-3H3,(H,25,28). The van der Waals surface area contributed by atoms with E-state index < -0.39 is 16.1 Å². The van der Waals surface area contributed by atoms with Crippen LogP contribution in [0.2, 0.25) is 5.02 Å². The van der Waals surface area contributed by atoms with Crippen molar-refractivity contribution in [2.75, 3.05) is 26.1 Å². The van der Waals surface area contributed by atoms with Crippen LogP contribution in [0.5, 0.6) is 5.75 Å². The molecule has 0 spiro atoms. The third kappa shape index (κ3) is 6.04. The van der Waals surface area contributed by atoms with Crippen LogP contribution >= 0.6 is 23.4 Å². The van der Waals surface area contributed by atoms with Crippen molar-refractivity contribution in [3.05, 3.63) is 57.6 Å². The number of carbonyl (C=O) groups excluding carboxylic acids is 2. The number of amidine groups is 1. The average Bonchev–Trinajstić information content (AvgIpc) is 3.09. The zero-order valence-corrected chi connectivity index (χ0v) is 20.3. The van der Waals surface area contributed by atoms with Crippen molar-refractivity contribution in [3.63, 3.8) is 0 Å². The molecule has 0 aromatic heterocycles. The molecule has 1 saturated heterocycles. The number of thioether (sulfide) groups is 1. The van der Waals surface area contributed by atoms with Crippen LogP contribution in [0.15, 0.2) is 47.5 Å². The Labute approximate surface area is 205 Å². The number of hydrogen-bond donors (Lipinski definition) is 1. The highest BCUT2D eigenvalue weighted by Gasteiger charge is 2.41. The SMILES string of the molecule is COCC(C)N1C(=O)C(CC(=O)Nc2ccc(OC)cc2[N+](=O)[O-])SC1=Nc1ccc(Cl)cc1. The van der Waals surface area contributed by atoms with Gasteiger partial charge in [-0.15, -0.1) is 0 Å². The zero-order valence-electron chi connectivity index (χ0n) is 18.7. The van der Waals surface area contributed by atoms with Gasteiger partial charge in [0, 0.05) is 18.6 Å². The van der Waals surface area contributed by atoms with Crippen LogP contribution < -0.4 is 10.1 Å². The Kier molecular flexibility index (Phi) is 8.48. The molecule has 3 rings (SSSR count). The van der Waals surface area contributed by atoms with E-state index in [0.717, 1.165) is 11.8 Å². The van der Waals surface area contributed by atoms with Gasteiger partial charge in [0.2, 0.25) is 11.8 Å². The van der Waals surface area contributed by atoms with Gasteiger partial charge >= 0.3 is 0 Å². The lowest BCUT2D eigenvalue weighted by Gasteiger charge is -2.23. The summed E-state index contributed by atoms with van der Waals surface area (Å²) in [5.41, 5.74) is 0.317. The molecule has 34 heavy (non-hydrogen) atoms. The lowest BCUT2D eigenvalue weighted by atomic mass is 10.2. The Hall–Kier alpha value is -3.15. The van der Waals surface area contributed by atoms with E-state index in [4.69, 9.17) is 21.1 Å². The Morgan fingerprint density at radius 1 is 1.29 bits per heavy atom. The largest absolute Gasteiger partial charge is 0.496 e. The molecule has 1 fully saturated rings. The molecule has 1 aliphatic heterocycles. The van der Waals surface area contributed by atoms with Gasteiger partial charge < -0.3 is 14.8 Å². The second-order valence-electron chi connectivity index (χ2n) is 7.38. The highest BCUT2D eigenvalue weighted by atomic mass is 35.5. The highest BCUT2D eigenvalue weighted by molar-refractivity contribution is 8.15. The summed E-state index contributed by atoms with van der Waals surface area (Å²) in [5, 5.41) is 14.2. The number of nitro benzene ring substituents is 1. The Morgan fingerprint density at radius 3 is 2.62 bits per heavy atom. The first kappa shape index (κ1) is 25.5. The fourth-order valence-electron chi connectivity index (χ4n) is 3.31. The van der Waals surface area contributed by atoms with Crippen LogP contribution in [-0.4, -0.2) is 58.9 Å². The number of benzene rings is 2. The number of halogens is 1. The third-order valence-electron chi connectivity index (χ3n) is 4.91. The van der Waals surface area contributed by atoms with Crippen molar-refractivity contribution in [1.29, 1.82) is 0 Å². The number of methoxy groups -OCH3 is 2. The molecule has 0 bridgehead atoms. The molecule has 180 valence electrons. The minimum atomic E-state index is -0.748. The maximum Gasteiger partial charge on any atom is 0.296 e. The summed E-state index contributed by atoms with van der Waals surface area (Å²) in [6.45, 7) is 2.10. The summed E-state index contributed by atoms with van der Waals surface area (Å²) in [6.07, 6.45) is -0.192. The molecule has 0 saturated carbocycles. The predicted octanol–water partition coefficient (Wildman–Crippen LogP) is 4.25. The topological polar surface area (TPSA) is 123 Å². The molecule has 0 aliphatic carbocycles. The van der Waals surface area contributed by atoms with Gasteiger partial charge in [0.05, 0.1) is 36.4 Å². The number of nitrogens with zero attached hydrogens (tertiary/aromatic N) is 3. The molecule has 12 heteroatoms. The second kappa shape index (κ2) is 11.3. The first-order valence-corrected chi connectivity index (χ1v) is 11.4. The van der Waals surface area contributed by atoms with Gasteiger partial charge in [-0.05, 0) is 43.3 Å². The molecule has 1 aliphatic rings. The maximum atomic E-state index is 13.2. The number of ether oxygens (including phenoxy) is 2. The van der Waals surface area contributed by atoms with Gasteiger partial charge in [0.15, 0.2) is 5.17 Å². The van der Waals surface area contributed by atoms with Crippen molar-refractivity contribution in [2.24, 2.45) is 4.99 Å². The second-order valence-corrected chi connectivity index (χ2v) is 8.99. The molecule has 2 atom stereocenters. The summed E-state index contributed by atoms with van der Waals surface area (Å²) >= 11 is 7.10. The Bertz CT molecular complexity index is 1110. The average molecular weight is 507 g/mol. The van der Waals surface area contributed by atoms with Crippen molar-refractivity contribution >= 4 is 57.4 Å². The van der Waals surface area contributed by atoms with E-state index in [2.05, 4.69) is 10.3 Å². The van der Waals surface area contributed by atoms with Gasteiger partial charge in [0.1, 0.15) is 16.7 Å². The van der Waals surface area contributed by atoms with Crippen LogP contribution in [0.4, 0.5) is 17.1 Å². The molecule has 0 radical (unpaired) electrons. The summed E-state index contributed by atoms with van der Waals surface area (Å²) in [5.74, 6) is -0.537. The van der Waals surface area contributed by atoms with Crippen LogP contribution in [-0.2, 0) is 14.3 Å². The van der Waals surface area contributed by atoms with Crippen LogP contribution in [0.25, 0.3) is 0 Å². The monoisotopic (exact) mass is 506 g/mol. The summed E-state index contributed by atoms with van der Waals surface area (Å²) in [7, 11) is 2.92. The first-order chi connectivity index (χ1) is 16.2. The van der Waals surface area contributed by atoms with Gasteiger partial charge in [0.25, 0.3) is 5.69 Å². The number of hydrogen-bond acceptors (Lipinski definition) is 8. The van der Waals surface area contributed by atoms with Crippen LogP contribution in [0, 0.1) is 10.1 Å². The molecular formula is C22H23ClN4O6S. The smallest absolute Gasteiger partial charge is 0.296 e. The molecule has 1 heterocycles. The van der Waals surface area contributed by atoms with Crippen molar-refractivity contribution in [2.45, 2.75) is 24.6 Å². The first-order valence-electron chi connectivity index (χ1n) is 10.2. The van der Waals surface area contributed by atoms with Gasteiger partial charge in [-0.3, -0.25) is 24.6 Å². The number of anilines is 1. The van der Waals surface area contributed by atoms with Crippen molar-refractivity contribution in [1.82, 2.24) is 4.90 Å². The van der Waals surface area contributed by atoms with Crippen molar-refractivity contribution < 1.29 is 24.0 Å². The number of nitro groups is 1. The molecule has 2 amide bonds. The molecule has 2 unspecified atom stereocenters.